The van der Waals surface area contributed by atoms with Gasteiger partial charge in [-0.05, 0) is 43.4 Å². The van der Waals surface area contributed by atoms with Crippen LogP contribution in [0.4, 0.5) is 8.78 Å². The first kappa shape index (κ1) is 16.4. The zero-order chi connectivity index (χ0) is 17.4. The topological polar surface area (TPSA) is 20.3 Å². The third-order valence-corrected chi connectivity index (χ3v) is 5.67. The molecular formula is C21H21F2NO. The van der Waals surface area contributed by atoms with Crippen molar-refractivity contribution in [2.24, 2.45) is 5.92 Å². The molecule has 4 rings (SSSR count). The lowest BCUT2D eigenvalue weighted by Crippen LogP contribution is -2.44. The Morgan fingerprint density at radius 2 is 1.52 bits per heavy atom. The van der Waals surface area contributed by atoms with Crippen LogP contribution in [0.3, 0.4) is 0 Å². The minimum absolute atomic E-state index is 0.282. The van der Waals surface area contributed by atoms with Crippen LogP contribution in [0, 0.1) is 17.6 Å². The van der Waals surface area contributed by atoms with Crippen molar-refractivity contribution in [2.75, 3.05) is 0 Å². The number of hydrogen-bond donors (Lipinski definition) is 0. The van der Waals surface area contributed by atoms with Gasteiger partial charge in [-0.15, -0.1) is 0 Å². The van der Waals surface area contributed by atoms with Gasteiger partial charge in [-0.3, -0.25) is 9.69 Å². The highest BCUT2D eigenvalue weighted by molar-refractivity contribution is 5.98. The van der Waals surface area contributed by atoms with Crippen LogP contribution in [0.1, 0.15) is 41.6 Å². The fourth-order valence-corrected chi connectivity index (χ4v) is 4.48. The SMILES string of the molecule is O=C(c1c(F)cccc1F)C1CC2CCC(C1)N2Cc1ccccc1. The summed E-state index contributed by atoms with van der Waals surface area (Å²) in [5.41, 5.74) is 0.910. The Kier molecular flexibility index (Phi) is 4.38. The molecule has 2 bridgehead atoms. The molecule has 0 spiro atoms. The van der Waals surface area contributed by atoms with Crippen molar-refractivity contribution in [1.82, 2.24) is 4.90 Å². The first-order valence-electron chi connectivity index (χ1n) is 8.91. The molecule has 2 aliphatic rings. The van der Waals surface area contributed by atoms with Gasteiger partial charge in [0.05, 0.1) is 5.56 Å². The molecule has 2 heterocycles. The number of ketones is 1. The summed E-state index contributed by atoms with van der Waals surface area (Å²) in [6, 6.07) is 14.6. The minimum Gasteiger partial charge on any atom is -0.294 e. The summed E-state index contributed by atoms with van der Waals surface area (Å²) in [6.45, 7) is 0.880. The van der Waals surface area contributed by atoms with Crippen LogP contribution in [-0.4, -0.2) is 22.8 Å². The predicted molar refractivity (Wildman–Crippen MR) is 92.2 cm³/mol. The van der Waals surface area contributed by atoms with Crippen molar-refractivity contribution in [3.05, 3.63) is 71.3 Å². The molecule has 2 unspecified atom stereocenters. The maximum absolute atomic E-state index is 14.0. The normalized spacial score (nSPS) is 25.9. The van der Waals surface area contributed by atoms with E-state index in [1.165, 1.54) is 11.6 Å². The fourth-order valence-electron chi connectivity index (χ4n) is 4.48. The highest BCUT2D eigenvalue weighted by Crippen LogP contribution is 2.41. The third-order valence-electron chi connectivity index (χ3n) is 5.67. The first-order chi connectivity index (χ1) is 12.1. The molecule has 2 atom stereocenters. The highest BCUT2D eigenvalue weighted by atomic mass is 19.1. The van der Waals surface area contributed by atoms with Gasteiger partial charge in [-0.25, -0.2) is 8.78 Å². The van der Waals surface area contributed by atoms with E-state index in [0.29, 0.717) is 24.9 Å². The molecular weight excluding hydrogens is 320 g/mol. The summed E-state index contributed by atoms with van der Waals surface area (Å²) in [5, 5.41) is 0. The summed E-state index contributed by atoms with van der Waals surface area (Å²) >= 11 is 0. The van der Waals surface area contributed by atoms with E-state index >= 15 is 0 Å². The number of benzene rings is 2. The van der Waals surface area contributed by atoms with Crippen molar-refractivity contribution < 1.29 is 13.6 Å². The maximum atomic E-state index is 14.0. The molecule has 0 radical (unpaired) electrons. The summed E-state index contributed by atoms with van der Waals surface area (Å²) < 4.78 is 27.9. The Balaban J connectivity index is 1.51. The van der Waals surface area contributed by atoms with Crippen molar-refractivity contribution in [2.45, 2.75) is 44.3 Å². The Morgan fingerprint density at radius 1 is 0.920 bits per heavy atom. The molecule has 2 fully saturated rings. The van der Waals surface area contributed by atoms with Gasteiger partial charge in [-0.2, -0.15) is 0 Å². The van der Waals surface area contributed by atoms with E-state index in [2.05, 4.69) is 17.0 Å². The van der Waals surface area contributed by atoms with Gasteiger partial charge < -0.3 is 0 Å². The zero-order valence-corrected chi connectivity index (χ0v) is 14.0. The second kappa shape index (κ2) is 6.68. The fraction of sp³-hybridized carbons (Fsp3) is 0.381. The molecule has 0 amide bonds. The number of piperidine rings is 1. The molecule has 2 saturated heterocycles. The molecule has 25 heavy (non-hydrogen) atoms. The number of carbonyl (C=O) groups excluding carboxylic acids is 1. The van der Waals surface area contributed by atoms with Gasteiger partial charge in [-0.1, -0.05) is 36.4 Å². The highest BCUT2D eigenvalue weighted by Gasteiger charge is 2.43. The van der Waals surface area contributed by atoms with E-state index < -0.39 is 11.6 Å². The lowest BCUT2D eigenvalue weighted by Gasteiger charge is -2.38. The number of fused-ring (bicyclic) bond motifs is 2. The van der Waals surface area contributed by atoms with Crippen molar-refractivity contribution >= 4 is 5.78 Å². The standard InChI is InChI=1S/C21H21F2NO/c22-18-7-4-8-19(23)20(18)21(25)15-11-16-9-10-17(12-15)24(16)13-14-5-2-1-3-6-14/h1-8,15-17H,9-13H2. The monoisotopic (exact) mass is 341 g/mol. The van der Waals surface area contributed by atoms with Crippen LogP contribution in [-0.2, 0) is 6.54 Å². The van der Waals surface area contributed by atoms with Crippen molar-refractivity contribution in [3.63, 3.8) is 0 Å². The third kappa shape index (κ3) is 3.11. The largest absolute Gasteiger partial charge is 0.294 e. The summed E-state index contributed by atoms with van der Waals surface area (Å²) in [6.07, 6.45) is 3.49. The Bertz CT molecular complexity index is 742. The quantitative estimate of drug-likeness (QED) is 0.758. The lowest BCUT2D eigenvalue weighted by molar-refractivity contribution is 0.0671. The van der Waals surface area contributed by atoms with Crippen LogP contribution in [0.2, 0.25) is 0 Å². The number of hydrogen-bond acceptors (Lipinski definition) is 2. The van der Waals surface area contributed by atoms with Crippen molar-refractivity contribution in [3.8, 4) is 0 Å². The Labute approximate surface area is 146 Å². The molecule has 0 N–H and O–H groups in total. The van der Waals surface area contributed by atoms with E-state index in [0.717, 1.165) is 31.5 Å². The number of halogens is 2. The van der Waals surface area contributed by atoms with Crippen LogP contribution in [0.15, 0.2) is 48.5 Å². The minimum atomic E-state index is -0.746. The smallest absolute Gasteiger partial charge is 0.171 e. The van der Waals surface area contributed by atoms with Crippen molar-refractivity contribution in [1.29, 1.82) is 0 Å². The molecule has 0 aromatic heterocycles. The summed E-state index contributed by atoms with van der Waals surface area (Å²) in [5.74, 6) is -2.14. The maximum Gasteiger partial charge on any atom is 0.171 e. The predicted octanol–water partition coefficient (Wildman–Crippen LogP) is 4.59. The van der Waals surface area contributed by atoms with Crippen LogP contribution in [0.25, 0.3) is 0 Å². The van der Waals surface area contributed by atoms with Crippen LogP contribution < -0.4 is 0 Å². The molecule has 2 aromatic carbocycles. The van der Waals surface area contributed by atoms with Gasteiger partial charge in [0, 0.05) is 24.5 Å². The van der Waals surface area contributed by atoms with Gasteiger partial charge in [0.25, 0.3) is 0 Å². The molecule has 2 nitrogen and oxygen atoms in total. The van der Waals surface area contributed by atoms with E-state index in [1.54, 1.807) is 0 Å². The number of rotatable bonds is 4. The van der Waals surface area contributed by atoms with Gasteiger partial charge >= 0.3 is 0 Å². The molecule has 2 aliphatic heterocycles. The van der Waals surface area contributed by atoms with E-state index in [-0.39, 0.29) is 17.3 Å². The van der Waals surface area contributed by atoms with Crippen LogP contribution in [0.5, 0.6) is 0 Å². The molecule has 2 aromatic rings. The Morgan fingerprint density at radius 3 is 2.12 bits per heavy atom. The summed E-state index contributed by atoms with van der Waals surface area (Å²) in [4.78, 5) is 15.2. The molecule has 0 saturated carbocycles. The summed E-state index contributed by atoms with van der Waals surface area (Å²) in [7, 11) is 0. The van der Waals surface area contributed by atoms with Gasteiger partial charge in [0.2, 0.25) is 0 Å². The van der Waals surface area contributed by atoms with E-state index in [1.807, 2.05) is 18.2 Å². The average molecular weight is 341 g/mol. The number of carbonyl (C=O) groups is 1. The molecule has 4 heteroatoms. The number of nitrogens with zero attached hydrogens (tertiary/aromatic N) is 1. The van der Waals surface area contributed by atoms with Crippen LogP contribution >= 0.6 is 0 Å². The molecule has 130 valence electrons. The Hall–Kier alpha value is -2.07. The van der Waals surface area contributed by atoms with Gasteiger partial charge in [0.15, 0.2) is 5.78 Å². The van der Waals surface area contributed by atoms with Gasteiger partial charge in [0.1, 0.15) is 11.6 Å². The average Bonchev–Trinajstić information content (AvgIpc) is 2.84. The second-order valence-electron chi connectivity index (χ2n) is 7.17. The molecule has 0 aliphatic carbocycles. The lowest BCUT2D eigenvalue weighted by atomic mass is 9.84. The second-order valence-corrected chi connectivity index (χ2v) is 7.17. The van der Waals surface area contributed by atoms with E-state index in [9.17, 15) is 13.6 Å². The van der Waals surface area contributed by atoms with E-state index in [4.69, 9.17) is 0 Å². The zero-order valence-electron chi connectivity index (χ0n) is 14.0. The first-order valence-corrected chi connectivity index (χ1v) is 8.91. The number of Topliss-reactive ketones (excluding diaryl/α,β-unsaturated/α-hetero) is 1.